The zero-order valence-electron chi connectivity index (χ0n) is 8.28. The van der Waals surface area contributed by atoms with E-state index in [4.69, 9.17) is 12.2 Å². The van der Waals surface area contributed by atoms with E-state index in [1.807, 2.05) is 31.2 Å². The molecule has 2 rings (SSSR count). The molecule has 0 spiro atoms. The van der Waals surface area contributed by atoms with Crippen LogP contribution in [0.3, 0.4) is 0 Å². The SMILES string of the molecule is CCc1ccccc1-n1c(=O)[nH][nH]c1=S. The number of aromatic amines is 2. The Balaban J connectivity index is 2.74. The second kappa shape index (κ2) is 3.86. The maximum atomic E-state index is 11.5. The van der Waals surface area contributed by atoms with Gasteiger partial charge in [0.15, 0.2) is 0 Å². The van der Waals surface area contributed by atoms with E-state index in [1.54, 1.807) is 0 Å². The number of aryl methyl sites for hydroxylation is 1. The molecule has 0 amide bonds. The summed E-state index contributed by atoms with van der Waals surface area (Å²) in [5.41, 5.74) is 1.70. The molecule has 2 N–H and O–H groups in total. The van der Waals surface area contributed by atoms with Crippen LogP contribution in [-0.2, 0) is 6.42 Å². The van der Waals surface area contributed by atoms with Crippen LogP contribution >= 0.6 is 12.2 Å². The first kappa shape index (κ1) is 9.92. The second-order valence-electron chi connectivity index (χ2n) is 3.18. The average molecular weight is 221 g/mol. The average Bonchev–Trinajstić information content (AvgIpc) is 2.59. The molecule has 15 heavy (non-hydrogen) atoms. The quantitative estimate of drug-likeness (QED) is 0.759. The summed E-state index contributed by atoms with van der Waals surface area (Å²) < 4.78 is 1.86. The first-order valence-electron chi connectivity index (χ1n) is 4.72. The van der Waals surface area contributed by atoms with E-state index in [0.717, 1.165) is 17.7 Å². The highest BCUT2D eigenvalue weighted by Crippen LogP contribution is 2.12. The standard InChI is InChI=1S/C10H11N3OS/c1-2-7-5-3-4-6-8(7)13-9(14)11-12-10(13)15/h3-6H,2H2,1H3,(H,11,14)(H,12,15). The Bertz CT molecular complexity index is 551. The summed E-state index contributed by atoms with van der Waals surface area (Å²) in [4.78, 5) is 11.5. The van der Waals surface area contributed by atoms with Crippen LogP contribution in [0.2, 0.25) is 0 Å². The van der Waals surface area contributed by atoms with Crippen LogP contribution in [0.1, 0.15) is 12.5 Å². The molecule has 0 radical (unpaired) electrons. The summed E-state index contributed by atoms with van der Waals surface area (Å²) in [6.07, 6.45) is 0.864. The third kappa shape index (κ3) is 1.66. The molecule has 0 unspecified atom stereocenters. The van der Waals surface area contributed by atoms with Crippen molar-refractivity contribution in [1.29, 1.82) is 0 Å². The second-order valence-corrected chi connectivity index (χ2v) is 3.56. The van der Waals surface area contributed by atoms with E-state index in [9.17, 15) is 4.79 Å². The Hall–Kier alpha value is -1.62. The molecule has 2 aromatic rings. The highest BCUT2D eigenvalue weighted by Gasteiger charge is 2.06. The van der Waals surface area contributed by atoms with Crippen molar-refractivity contribution in [1.82, 2.24) is 14.8 Å². The number of hydrogen-bond donors (Lipinski definition) is 2. The van der Waals surface area contributed by atoms with Crippen molar-refractivity contribution in [2.24, 2.45) is 0 Å². The van der Waals surface area contributed by atoms with Crippen LogP contribution in [0, 0.1) is 4.77 Å². The molecule has 78 valence electrons. The molecule has 0 atom stereocenters. The molecule has 5 heteroatoms. The van der Waals surface area contributed by atoms with E-state index in [2.05, 4.69) is 10.2 Å². The number of nitrogens with one attached hydrogen (secondary N) is 2. The molecule has 1 aromatic carbocycles. The normalized spacial score (nSPS) is 10.5. The van der Waals surface area contributed by atoms with Crippen LogP contribution in [0.4, 0.5) is 0 Å². The maximum Gasteiger partial charge on any atom is 0.347 e. The zero-order chi connectivity index (χ0) is 10.8. The van der Waals surface area contributed by atoms with Gasteiger partial charge < -0.3 is 0 Å². The van der Waals surface area contributed by atoms with Gasteiger partial charge in [-0.3, -0.25) is 5.10 Å². The number of hydrogen-bond acceptors (Lipinski definition) is 2. The number of para-hydroxylation sites is 1. The van der Waals surface area contributed by atoms with Gasteiger partial charge in [-0.25, -0.2) is 14.5 Å². The Labute approximate surface area is 91.6 Å². The van der Waals surface area contributed by atoms with Gasteiger partial charge in [0.25, 0.3) is 0 Å². The van der Waals surface area contributed by atoms with Gasteiger partial charge in [0.1, 0.15) is 0 Å². The minimum atomic E-state index is -0.235. The Morgan fingerprint density at radius 3 is 2.67 bits per heavy atom. The van der Waals surface area contributed by atoms with Crippen molar-refractivity contribution >= 4 is 12.2 Å². The van der Waals surface area contributed by atoms with Gasteiger partial charge in [-0.05, 0) is 30.3 Å². The summed E-state index contributed by atoms with van der Waals surface area (Å²) in [7, 11) is 0. The minimum absolute atomic E-state index is 0.235. The van der Waals surface area contributed by atoms with Crippen molar-refractivity contribution in [3.8, 4) is 5.69 Å². The predicted molar refractivity (Wildman–Crippen MR) is 61.0 cm³/mol. The molecule has 0 bridgehead atoms. The van der Waals surface area contributed by atoms with Crippen LogP contribution < -0.4 is 5.69 Å². The lowest BCUT2D eigenvalue weighted by Crippen LogP contribution is -2.16. The first-order valence-corrected chi connectivity index (χ1v) is 5.13. The Morgan fingerprint density at radius 2 is 2.07 bits per heavy atom. The van der Waals surface area contributed by atoms with Gasteiger partial charge >= 0.3 is 5.69 Å². The Kier molecular flexibility index (Phi) is 2.55. The highest BCUT2D eigenvalue weighted by atomic mass is 32.1. The molecule has 0 fully saturated rings. The van der Waals surface area contributed by atoms with Gasteiger partial charge in [-0.2, -0.15) is 0 Å². The topological polar surface area (TPSA) is 53.6 Å². The van der Waals surface area contributed by atoms with E-state index in [-0.39, 0.29) is 5.69 Å². The summed E-state index contributed by atoms with van der Waals surface area (Å²) >= 11 is 5.04. The number of H-pyrrole nitrogens is 2. The van der Waals surface area contributed by atoms with Crippen LogP contribution in [-0.4, -0.2) is 14.8 Å². The molecule has 0 aliphatic heterocycles. The molecule has 0 aliphatic carbocycles. The van der Waals surface area contributed by atoms with E-state index >= 15 is 0 Å². The zero-order valence-corrected chi connectivity index (χ0v) is 9.10. The molecule has 1 aromatic heterocycles. The summed E-state index contributed by atoms with van der Waals surface area (Å²) in [5, 5.41) is 5.09. The number of nitrogens with zero attached hydrogens (tertiary/aromatic N) is 1. The number of aromatic nitrogens is 3. The van der Waals surface area contributed by atoms with Crippen molar-refractivity contribution in [2.45, 2.75) is 13.3 Å². The van der Waals surface area contributed by atoms with Crippen LogP contribution in [0.15, 0.2) is 29.1 Å². The predicted octanol–water partition coefficient (Wildman–Crippen LogP) is 1.79. The van der Waals surface area contributed by atoms with Crippen molar-refractivity contribution in [3.63, 3.8) is 0 Å². The van der Waals surface area contributed by atoms with Crippen molar-refractivity contribution < 1.29 is 0 Å². The van der Waals surface area contributed by atoms with E-state index < -0.39 is 0 Å². The number of benzene rings is 1. The van der Waals surface area contributed by atoms with Gasteiger partial charge in [0.05, 0.1) is 5.69 Å². The van der Waals surface area contributed by atoms with Gasteiger partial charge in [-0.15, -0.1) is 0 Å². The third-order valence-electron chi connectivity index (χ3n) is 2.30. The first-order chi connectivity index (χ1) is 7.24. The van der Waals surface area contributed by atoms with Crippen LogP contribution in [0.25, 0.3) is 5.69 Å². The molecule has 0 saturated heterocycles. The molecule has 4 nitrogen and oxygen atoms in total. The summed E-state index contributed by atoms with van der Waals surface area (Å²) in [5.74, 6) is 0. The largest absolute Gasteiger partial charge is 0.347 e. The highest BCUT2D eigenvalue weighted by molar-refractivity contribution is 7.71. The van der Waals surface area contributed by atoms with Crippen LogP contribution in [0.5, 0.6) is 0 Å². The molecule has 0 aliphatic rings. The fourth-order valence-corrected chi connectivity index (χ4v) is 1.79. The third-order valence-corrected chi connectivity index (χ3v) is 2.58. The molecular formula is C10H11N3OS. The fourth-order valence-electron chi connectivity index (χ4n) is 1.56. The van der Waals surface area contributed by atoms with Crippen molar-refractivity contribution in [2.75, 3.05) is 0 Å². The lowest BCUT2D eigenvalue weighted by atomic mass is 10.1. The van der Waals surface area contributed by atoms with E-state index in [0.29, 0.717) is 4.77 Å². The number of rotatable bonds is 2. The monoisotopic (exact) mass is 221 g/mol. The van der Waals surface area contributed by atoms with Crippen molar-refractivity contribution in [3.05, 3.63) is 45.1 Å². The van der Waals surface area contributed by atoms with Gasteiger partial charge in [-0.1, -0.05) is 25.1 Å². The van der Waals surface area contributed by atoms with Gasteiger partial charge in [0, 0.05) is 0 Å². The van der Waals surface area contributed by atoms with Gasteiger partial charge in [0.2, 0.25) is 4.77 Å². The fraction of sp³-hybridized carbons (Fsp3) is 0.200. The summed E-state index contributed by atoms with van der Waals surface area (Å²) in [6.45, 7) is 2.04. The smallest absolute Gasteiger partial charge is 0.272 e. The molecular weight excluding hydrogens is 210 g/mol. The van der Waals surface area contributed by atoms with E-state index in [1.165, 1.54) is 4.57 Å². The Morgan fingerprint density at radius 1 is 1.33 bits per heavy atom. The minimum Gasteiger partial charge on any atom is -0.272 e. The lowest BCUT2D eigenvalue weighted by molar-refractivity contribution is 0.945. The maximum absolute atomic E-state index is 11.5. The molecule has 0 saturated carbocycles. The molecule has 1 heterocycles. The summed E-state index contributed by atoms with van der Waals surface area (Å²) in [6, 6.07) is 7.72. The lowest BCUT2D eigenvalue weighted by Gasteiger charge is -2.05.